The quantitative estimate of drug-likeness (QED) is 0.696. The summed E-state index contributed by atoms with van der Waals surface area (Å²) in [6, 6.07) is 5.64. The van der Waals surface area contributed by atoms with E-state index in [0.717, 1.165) is 6.07 Å². The second kappa shape index (κ2) is 5.92. The molecular weight excluding hydrogens is 279 g/mol. The molecule has 1 aromatic carbocycles. The molecule has 0 bridgehead atoms. The number of aryl methyl sites for hydroxylation is 1. The highest BCUT2D eigenvalue weighted by Gasteiger charge is 2.11. The van der Waals surface area contributed by atoms with Crippen molar-refractivity contribution >= 4 is 18.2 Å². The maximum Gasteiger partial charge on any atom is 0.337 e. The molecule has 4 nitrogen and oxygen atoms in total. The molecule has 0 atom stereocenters. The molecule has 0 aliphatic heterocycles. The Hall–Kier alpha value is -2.08. The fourth-order valence-electron chi connectivity index (χ4n) is 1.81. The Morgan fingerprint density at radius 2 is 2.15 bits per heavy atom. The monoisotopic (exact) mass is 292 g/mol. The summed E-state index contributed by atoms with van der Waals surface area (Å²) in [6.07, 6.45) is 0.677. The summed E-state index contributed by atoms with van der Waals surface area (Å²) in [7, 11) is 1.25. The van der Waals surface area contributed by atoms with Crippen molar-refractivity contribution in [3.05, 3.63) is 46.1 Å². The molecule has 1 heterocycles. The van der Waals surface area contributed by atoms with Gasteiger partial charge in [-0.25, -0.2) is 14.2 Å². The predicted molar refractivity (Wildman–Crippen MR) is 75.5 cm³/mol. The number of benzene rings is 1. The van der Waals surface area contributed by atoms with E-state index in [2.05, 4.69) is 14.7 Å². The van der Waals surface area contributed by atoms with E-state index in [1.54, 1.807) is 12.1 Å². The van der Waals surface area contributed by atoms with Crippen LogP contribution in [-0.4, -0.2) is 23.0 Å². The second-order valence-electron chi connectivity index (χ2n) is 4.15. The number of carbonyl (C=O) groups is 1. The summed E-state index contributed by atoms with van der Waals surface area (Å²) >= 11 is 5.08. The average Bonchev–Trinajstić information content (AvgIpc) is 2.45. The highest BCUT2D eigenvalue weighted by molar-refractivity contribution is 7.71. The molecule has 0 spiro atoms. The number of nitrogens with zero attached hydrogens (tertiary/aromatic N) is 1. The van der Waals surface area contributed by atoms with Crippen molar-refractivity contribution in [2.45, 2.75) is 13.3 Å². The molecule has 0 saturated carbocycles. The molecule has 0 fully saturated rings. The maximum atomic E-state index is 13.6. The third-order valence-electron chi connectivity index (χ3n) is 2.76. The van der Waals surface area contributed by atoms with Gasteiger partial charge in [-0.15, -0.1) is 0 Å². The number of aromatic nitrogens is 2. The highest BCUT2D eigenvalue weighted by atomic mass is 32.1. The van der Waals surface area contributed by atoms with E-state index in [9.17, 15) is 9.18 Å². The Kier molecular flexibility index (Phi) is 4.24. The van der Waals surface area contributed by atoms with Crippen molar-refractivity contribution < 1.29 is 13.9 Å². The van der Waals surface area contributed by atoms with Crippen LogP contribution in [0, 0.1) is 10.5 Å². The van der Waals surface area contributed by atoms with Gasteiger partial charge in [0.05, 0.1) is 12.7 Å². The van der Waals surface area contributed by atoms with E-state index in [4.69, 9.17) is 12.2 Å². The lowest BCUT2D eigenvalue weighted by Gasteiger charge is -2.07. The van der Waals surface area contributed by atoms with Crippen LogP contribution in [-0.2, 0) is 11.2 Å². The third-order valence-corrected chi connectivity index (χ3v) is 2.97. The third kappa shape index (κ3) is 3.08. The molecule has 0 aliphatic rings. The van der Waals surface area contributed by atoms with E-state index < -0.39 is 11.8 Å². The van der Waals surface area contributed by atoms with Gasteiger partial charge < -0.3 is 9.72 Å². The van der Waals surface area contributed by atoms with Gasteiger partial charge in [0.1, 0.15) is 16.3 Å². The molecule has 0 aliphatic carbocycles. The molecule has 20 heavy (non-hydrogen) atoms. The van der Waals surface area contributed by atoms with E-state index in [1.807, 2.05) is 6.92 Å². The normalized spacial score (nSPS) is 10.3. The first kappa shape index (κ1) is 14.3. The number of rotatable bonds is 3. The predicted octanol–water partition coefficient (Wildman–Crippen LogP) is 3.29. The van der Waals surface area contributed by atoms with E-state index in [-0.39, 0.29) is 5.56 Å². The minimum absolute atomic E-state index is 0.150. The Morgan fingerprint density at radius 1 is 1.40 bits per heavy atom. The van der Waals surface area contributed by atoms with Gasteiger partial charge in [-0.2, -0.15) is 0 Å². The van der Waals surface area contributed by atoms with Crippen LogP contribution in [0.3, 0.4) is 0 Å². The van der Waals surface area contributed by atoms with Gasteiger partial charge in [0.15, 0.2) is 0 Å². The van der Waals surface area contributed by atoms with Gasteiger partial charge in [0, 0.05) is 17.7 Å². The first-order valence-electron chi connectivity index (χ1n) is 6.03. The van der Waals surface area contributed by atoms with Crippen LogP contribution in [0.25, 0.3) is 11.3 Å². The Morgan fingerprint density at radius 3 is 2.80 bits per heavy atom. The van der Waals surface area contributed by atoms with Gasteiger partial charge in [0.25, 0.3) is 0 Å². The van der Waals surface area contributed by atoms with Crippen LogP contribution >= 0.6 is 12.2 Å². The van der Waals surface area contributed by atoms with Crippen LogP contribution in [0.15, 0.2) is 24.3 Å². The minimum Gasteiger partial charge on any atom is -0.465 e. The lowest BCUT2D eigenvalue weighted by Crippen LogP contribution is -2.03. The molecule has 104 valence electrons. The first-order chi connectivity index (χ1) is 9.53. The number of nitrogens with one attached hydrogen (secondary N) is 1. The number of aromatic amines is 1. The molecule has 1 aromatic heterocycles. The summed E-state index contributed by atoms with van der Waals surface area (Å²) in [5.41, 5.74) is 1.29. The zero-order chi connectivity index (χ0) is 14.7. The van der Waals surface area contributed by atoms with Crippen molar-refractivity contribution in [2.24, 2.45) is 0 Å². The minimum atomic E-state index is -0.589. The van der Waals surface area contributed by atoms with Crippen LogP contribution < -0.4 is 0 Å². The van der Waals surface area contributed by atoms with Gasteiger partial charge in [-0.3, -0.25) is 0 Å². The van der Waals surface area contributed by atoms with Crippen molar-refractivity contribution in [3.63, 3.8) is 0 Å². The highest BCUT2D eigenvalue weighted by Crippen LogP contribution is 2.21. The smallest absolute Gasteiger partial charge is 0.337 e. The number of H-pyrrole nitrogens is 1. The van der Waals surface area contributed by atoms with Crippen LogP contribution in [0.4, 0.5) is 4.39 Å². The summed E-state index contributed by atoms with van der Waals surface area (Å²) in [5, 5.41) is 0. The van der Waals surface area contributed by atoms with E-state index in [1.165, 1.54) is 13.2 Å². The standard InChI is InChI=1S/C14H13FN2O2S/c1-3-12-16-11(7-13(20)17-12)8-4-9(14(18)19-2)6-10(15)5-8/h4-7H,3H2,1-2H3,(H,16,17,20). The van der Waals surface area contributed by atoms with Crippen LogP contribution in [0.1, 0.15) is 23.1 Å². The van der Waals surface area contributed by atoms with Crippen molar-refractivity contribution in [1.82, 2.24) is 9.97 Å². The van der Waals surface area contributed by atoms with Gasteiger partial charge in [-0.1, -0.05) is 19.1 Å². The zero-order valence-electron chi connectivity index (χ0n) is 11.1. The Labute approximate surface area is 120 Å². The molecule has 0 amide bonds. The maximum absolute atomic E-state index is 13.6. The van der Waals surface area contributed by atoms with Crippen molar-refractivity contribution in [1.29, 1.82) is 0 Å². The molecule has 2 aromatic rings. The lowest BCUT2D eigenvalue weighted by molar-refractivity contribution is 0.0600. The first-order valence-corrected chi connectivity index (χ1v) is 6.44. The van der Waals surface area contributed by atoms with Gasteiger partial charge in [-0.05, 0) is 24.3 Å². The molecule has 0 saturated heterocycles. The van der Waals surface area contributed by atoms with Gasteiger partial charge >= 0.3 is 5.97 Å². The number of ether oxygens (including phenoxy) is 1. The molecule has 1 N–H and O–H groups in total. The van der Waals surface area contributed by atoms with E-state index >= 15 is 0 Å². The molecule has 0 unspecified atom stereocenters. The average molecular weight is 292 g/mol. The largest absolute Gasteiger partial charge is 0.465 e. The SMILES string of the molecule is CCc1nc(=S)cc(-c2cc(F)cc(C(=O)OC)c2)[nH]1. The number of esters is 1. The summed E-state index contributed by atoms with van der Waals surface area (Å²) in [6.45, 7) is 1.93. The molecule has 0 radical (unpaired) electrons. The molecular formula is C14H13FN2O2S. The molecule has 2 rings (SSSR count). The number of hydrogen-bond donors (Lipinski definition) is 1. The van der Waals surface area contributed by atoms with Crippen LogP contribution in [0.2, 0.25) is 0 Å². The fraction of sp³-hybridized carbons (Fsp3) is 0.214. The summed E-state index contributed by atoms with van der Waals surface area (Å²) < 4.78 is 18.6. The summed E-state index contributed by atoms with van der Waals surface area (Å²) in [4.78, 5) is 18.7. The van der Waals surface area contributed by atoms with Crippen LogP contribution in [0.5, 0.6) is 0 Å². The zero-order valence-corrected chi connectivity index (χ0v) is 11.9. The second-order valence-corrected chi connectivity index (χ2v) is 4.57. The number of methoxy groups -OCH3 is 1. The van der Waals surface area contributed by atoms with Crippen molar-refractivity contribution in [2.75, 3.05) is 7.11 Å². The van der Waals surface area contributed by atoms with E-state index in [0.29, 0.717) is 28.1 Å². The number of carbonyl (C=O) groups excluding carboxylic acids is 1. The summed E-state index contributed by atoms with van der Waals surface area (Å²) in [5.74, 6) is -0.400. The Bertz CT molecular complexity index is 713. The van der Waals surface area contributed by atoms with Crippen molar-refractivity contribution in [3.8, 4) is 11.3 Å². The number of halogens is 1. The Balaban J connectivity index is 2.57. The fourth-order valence-corrected chi connectivity index (χ4v) is 2.04. The van der Waals surface area contributed by atoms with Gasteiger partial charge in [0.2, 0.25) is 0 Å². The topological polar surface area (TPSA) is 55.0 Å². The lowest BCUT2D eigenvalue weighted by atomic mass is 10.1. The molecule has 6 heteroatoms. The number of hydrogen-bond acceptors (Lipinski definition) is 4.